The van der Waals surface area contributed by atoms with E-state index in [-0.39, 0.29) is 11.7 Å². The van der Waals surface area contributed by atoms with Gasteiger partial charge in [0, 0.05) is 19.5 Å². The van der Waals surface area contributed by atoms with Crippen LogP contribution < -0.4 is 10.1 Å². The molecule has 2 atom stereocenters. The summed E-state index contributed by atoms with van der Waals surface area (Å²) in [7, 11) is 0. The summed E-state index contributed by atoms with van der Waals surface area (Å²) in [6, 6.07) is 8.35. The monoisotopic (exact) mass is 362 g/mol. The van der Waals surface area contributed by atoms with Gasteiger partial charge in [-0.3, -0.25) is 9.69 Å². The minimum absolute atomic E-state index is 0.0641. The molecule has 1 aromatic carbocycles. The molecule has 1 aliphatic rings. The molecule has 144 valence electrons. The van der Waals surface area contributed by atoms with Crippen LogP contribution in [0.25, 0.3) is 0 Å². The van der Waals surface area contributed by atoms with Crippen LogP contribution >= 0.6 is 0 Å². The summed E-state index contributed by atoms with van der Waals surface area (Å²) in [5.74, 6) is 0.597. The van der Waals surface area contributed by atoms with Gasteiger partial charge >= 0.3 is 6.09 Å². The number of nitrogens with zero attached hydrogens (tertiary/aromatic N) is 1. The van der Waals surface area contributed by atoms with Crippen LogP contribution in [0.15, 0.2) is 30.3 Å². The van der Waals surface area contributed by atoms with E-state index in [0.717, 1.165) is 45.7 Å². The lowest BCUT2D eigenvalue weighted by Crippen LogP contribution is -2.46. The van der Waals surface area contributed by atoms with E-state index >= 15 is 0 Å². The van der Waals surface area contributed by atoms with Crippen molar-refractivity contribution in [2.24, 2.45) is 5.92 Å². The predicted molar refractivity (Wildman–Crippen MR) is 100 cm³/mol. The molecule has 6 nitrogen and oxygen atoms in total. The number of ketones is 1. The van der Waals surface area contributed by atoms with Crippen molar-refractivity contribution < 1.29 is 19.1 Å². The van der Waals surface area contributed by atoms with E-state index in [4.69, 9.17) is 9.47 Å². The van der Waals surface area contributed by atoms with Crippen molar-refractivity contribution in [3.05, 3.63) is 30.3 Å². The van der Waals surface area contributed by atoms with Gasteiger partial charge in [-0.2, -0.15) is 0 Å². The van der Waals surface area contributed by atoms with Crippen molar-refractivity contribution in [1.82, 2.24) is 10.2 Å². The molecule has 1 amide bonds. The Bertz CT molecular complexity index is 558. The van der Waals surface area contributed by atoms with Gasteiger partial charge in [-0.25, -0.2) is 4.79 Å². The number of amides is 1. The lowest BCUT2D eigenvalue weighted by atomic mass is 9.93. The summed E-state index contributed by atoms with van der Waals surface area (Å²) in [6.45, 7) is 8.24. The molecule has 0 spiro atoms. The van der Waals surface area contributed by atoms with Gasteiger partial charge in [-0.1, -0.05) is 38.5 Å². The number of nitrogens with one attached hydrogen (secondary N) is 1. The Balaban J connectivity index is 1.82. The zero-order valence-electron chi connectivity index (χ0n) is 15.8. The van der Waals surface area contributed by atoms with Crippen molar-refractivity contribution in [2.45, 2.75) is 39.2 Å². The van der Waals surface area contributed by atoms with E-state index < -0.39 is 12.1 Å². The van der Waals surface area contributed by atoms with Gasteiger partial charge in [0.2, 0.25) is 0 Å². The molecule has 0 saturated carbocycles. The Morgan fingerprint density at radius 3 is 2.58 bits per heavy atom. The van der Waals surface area contributed by atoms with Crippen molar-refractivity contribution in [1.29, 1.82) is 0 Å². The summed E-state index contributed by atoms with van der Waals surface area (Å²) < 4.78 is 10.6. The van der Waals surface area contributed by atoms with E-state index in [0.29, 0.717) is 12.2 Å². The van der Waals surface area contributed by atoms with Crippen LogP contribution in [0, 0.1) is 5.92 Å². The maximum absolute atomic E-state index is 12.7. The zero-order chi connectivity index (χ0) is 18.8. The number of ether oxygens (including phenoxy) is 2. The van der Waals surface area contributed by atoms with Gasteiger partial charge in [-0.15, -0.1) is 0 Å². The summed E-state index contributed by atoms with van der Waals surface area (Å²) in [5, 5.41) is 2.76. The van der Waals surface area contributed by atoms with Crippen LogP contribution in [-0.4, -0.2) is 55.7 Å². The van der Waals surface area contributed by atoms with Crippen LogP contribution in [0.4, 0.5) is 4.79 Å². The zero-order valence-corrected chi connectivity index (χ0v) is 15.8. The lowest BCUT2D eigenvalue weighted by molar-refractivity contribution is -0.122. The minimum Gasteiger partial charge on any atom is -0.410 e. The first-order valence-corrected chi connectivity index (χ1v) is 9.46. The van der Waals surface area contributed by atoms with Crippen LogP contribution in [0.2, 0.25) is 0 Å². The van der Waals surface area contributed by atoms with Crippen LogP contribution in [-0.2, 0) is 9.53 Å². The summed E-state index contributed by atoms with van der Waals surface area (Å²) in [5.41, 5.74) is 0. The molecule has 6 heteroatoms. The molecule has 0 aromatic heterocycles. The second-order valence-corrected chi connectivity index (χ2v) is 6.73. The third kappa shape index (κ3) is 6.77. The summed E-state index contributed by atoms with van der Waals surface area (Å²) in [4.78, 5) is 27.1. The molecular formula is C20H30N2O4. The Kier molecular flexibility index (Phi) is 8.58. The Hall–Kier alpha value is -1.92. The van der Waals surface area contributed by atoms with E-state index in [2.05, 4.69) is 10.2 Å². The van der Waals surface area contributed by atoms with Gasteiger partial charge < -0.3 is 14.8 Å². The second-order valence-electron chi connectivity index (χ2n) is 6.73. The molecule has 1 aromatic rings. The maximum atomic E-state index is 12.7. The molecule has 0 bridgehead atoms. The van der Waals surface area contributed by atoms with Gasteiger partial charge in [0.05, 0.1) is 19.3 Å². The highest BCUT2D eigenvalue weighted by Gasteiger charge is 2.26. The van der Waals surface area contributed by atoms with Gasteiger partial charge in [0.25, 0.3) is 0 Å². The smallest absolute Gasteiger partial charge is 0.410 e. The largest absolute Gasteiger partial charge is 0.413 e. The normalized spacial score (nSPS) is 17.3. The molecule has 0 aliphatic carbocycles. The first-order chi connectivity index (χ1) is 12.6. The highest BCUT2D eigenvalue weighted by molar-refractivity contribution is 5.88. The quantitative estimate of drug-likeness (QED) is 0.732. The number of para-hydroxylation sites is 1. The van der Waals surface area contributed by atoms with Crippen LogP contribution in [0.1, 0.15) is 33.1 Å². The third-order valence-electron chi connectivity index (χ3n) is 4.79. The van der Waals surface area contributed by atoms with E-state index in [9.17, 15) is 9.59 Å². The fraction of sp³-hybridized carbons (Fsp3) is 0.600. The third-order valence-corrected chi connectivity index (χ3v) is 4.79. The Morgan fingerprint density at radius 2 is 1.92 bits per heavy atom. The number of hydrogen-bond acceptors (Lipinski definition) is 5. The summed E-state index contributed by atoms with van der Waals surface area (Å²) in [6.07, 6.45) is 1.48. The molecule has 1 fully saturated rings. The van der Waals surface area contributed by atoms with E-state index in [1.807, 2.05) is 19.9 Å². The summed E-state index contributed by atoms with van der Waals surface area (Å²) >= 11 is 0. The highest BCUT2D eigenvalue weighted by Crippen LogP contribution is 2.14. The molecule has 1 N–H and O–H groups in total. The number of benzene rings is 1. The number of hydrogen-bond donors (Lipinski definition) is 1. The fourth-order valence-corrected chi connectivity index (χ4v) is 2.98. The fourth-order valence-electron chi connectivity index (χ4n) is 2.98. The first kappa shape index (κ1) is 20.4. The van der Waals surface area contributed by atoms with E-state index in [1.165, 1.54) is 0 Å². The Labute approximate surface area is 155 Å². The van der Waals surface area contributed by atoms with Gasteiger partial charge in [0.15, 0.2) is 5.78 Å². The SMILES string of the molecule is CCC(C)C(NC(=O)Oc1ccccc1)C(=O)CCCN1CCOCC1. The number of carbonyl (C=O) groups is 2. The topological polar surface area (TPSA) is 67.9 Å². The average Bonchev–Trinajstić information content (AvgIpc) is 2.67. The lowest BCUT2D eigenvalue weighted by Gasteiger charge is -2.27. The number of carbonyl (C=O) groups excluding carboxylic acids is 2. The molecule has 2 rings (SSSR count). The van der Waals surface area contributed by atoms with Gasteiger partial charge in [0.1, 0.15) is 5.75 Å². The maximum Gasteiger partial charge on any atom is 0.413 e. The predicted octanol–water partition coefficient (Wildman–Crippen LogP) is 2.87. The minimum atomic E-state index is -0.581. The molecule has 2 unspecified atom stereocenters. The molecule has 26 heavy (non-hydrogen) atoms. The highest BCUT2D eigenvalue weighted by atomic mass is 16.6. The van der Waals surface area contributed by atoms with Crippen LogP contribution in [0.5, 0.6) is 5.75 Å². The van der Waals surface area contributed by atoms with Crippen LogP contribution in [0.3, 0.4) is 0 Å². The second kappa shape index (κ2) is 10.9. The van der Waals surface area contributed by atoms with Crippen molar-refractivity contribution in [3.63, 3.8) is 0 Å². The molecular weight excluding hydrogens is 332 g/mol. The first-order valence-electron chi connectivity index (χ1n) is 9.46. The molecule has 1 heterocycles. The van der Waals surface area contributed by atoms with Gasteiger partial charge in [-0.05, 0) is 31.0 Å². The molecule has 1 saturated heterocycles. The number of rotatable bonds is 9. The number of morpholine rings is 1. The molecule has 0 radical (unpaired) electrons. The van der Waals surface area contributed by atoms with Crippen molar-refractivity contribution in [3.8, 4) is 5.75 Å². The number of Topliss-reactive ketones (excluding diaryl/α,β-unsaturated/α-hetero) is 1. The van der Waals surface area contributed by atoms with E-state index in [1.54, 1.807) is 24.3 Å². The van der Waals surface area contributed by atoms with Crippen molar-refractivity contribution in [2.75, 3.05) is 32.8 Å². The van der Waals surface area contributed by atoms with Crippen molar-refractivity contribution >= 4 is 11.9 Å². The standard InChI is InChI=1S/C20H30N2O4/c1-3-16(2)19(21-20(24)26-17-8-5-4-6-9-17)18(23)10-7-11-22-12-14-25-15-13-22/h4-6,8-9,16,19H,3,7,10-15H2,1-2H3,(H,21,24). The Morgan fingerprint density at radius 1 is 1.23 bits per heavy atom. The molecule has 1 aliphatic heterocycles. The average molecular weight is 362 g/mol.